The van der Waals surface area contributed by atoms with Gasteiger partial charge in [0.2, 0.25) is 0 Å². The lowest BCUT2D eigenvalue weighted by Crippen LogP contribution is -2.43. The molecule has 2 aromatic rings. The number of allylic oxidation sites excluding steroid dienone is 1. The number of rotatable bonds is 9. The van der Waals surface area contributed by atoms with E-state index in [-0.39, 0.29) is 10.8 Å². The first-order chi connectivity index (χ1) is 13.6. The fourth-order valence-corrected chi connectivity index (χ4v) is 3.71. The fraction of sp³-hybridized carbons (Fsp3) is 0.400. The fourth-order valence-electron chi connectivity index (χ4n) is 2.68. The largest absolute Gasteiger partial charge is 0.541 e. The van der Waals surface area contributed by atoms with Crippen molar-refractivity contribution in [3.63, 3.8) is 0 Å². The second-order valence-corrected chi connectivity index (χ2v) is 13.6. The maximum Gasteiger partial charge on any atom is 0.250 e. The first-order valence-corrected chi connectivity index (χ1v) is 13.1. The molecule has 0 bridgehead atoms. The number of hydrogen-bond acceptors (Lipinski definition) is 3. The third kappa shape index (κ3) is 6.89. The summed E-state index contributed by atoms with van der Waals surface area (Å²) in [6, 6.07) is 16.1. The Morgan fingerprint density at radius 2 is 1.72 bits per heavy atom. The zero-order valence-electron chi connectivity index (χ0n) is 18.6. The zero-order valence-corrected chi connectivity index (χ0v) is 19.6. The average Bonchev–Trinajstić information content (AvgIpc) is 2.67. The van der Waals surface area contributed by atoms with Gasteiger partial charge >= 0.3 is 0 Å². The number of ketones is 1. The molecule has 0 unspecified atom stereocenters. The summed E-state index contributed by atoms with van der Waals surface area (Å²) < 4.78 is 11.9. The van der Waals surface area contributed by atoms with Gasteiger partial charge in [0.1, 0.15) is 5.75 Å². The summed E-state index contributed by atoms with van der Waals surface area (Å²) in [5, 5.41) is 0.114. The summed E-state index contributed by atoms with van der Waals surface area (Å²) in [5.74, 6) is 1.61. The van der Waals surface area contributed by atoms with Crippen LogP contribution in [0.4, 0.5) is 0 Å². The van der Waals surface area contributed by atoms with Gasteiger partial charge in [0.15, 0.2) is 11.5 Å². The van der Waals surface area contributed by atoms with Crippen LogP contribution in [0.3, 0.4) is 0 Å². The molecule has 156 valence electrons. The lowest BCUT2D eigenvalue weighted by Gasteiger charge is -2.36. The van der Waals surface area contributed by atoms with Crippen molar-refractivity contribution in [3.05, 3.63) is 65.7 Å². The van der Waals surface area contributed by atoms with E-state index in [0.29, 0.717) is 12.2 Å². The first kappa shape index (κ1) is 23.0. The van der Waals surface area contributed by atoms with Crippen LogP contribution in [0, 0.1) is 0 Å². The molecular formula is C25H34O3Si. The molecule has 0 aliphatic heterocycles. The minimum absolute atomic E-state index is 0.114. The molecule has 29 heavy (non-hydrogen) atoms. The van der Waals surface area contributed by atoms with Gasteiger partial charge in [-0.15, -0.1) is 0 Å². The molecule has 0 amide bonds. The maximum absolute atomic E-state index is 12.2. The molecule has 2 aromatic carbocycles. The van der Waals surface area contributed by atoms with Gasteiger partial charge in [-0.1, -0.05) is 63.2 Å². The van der Waals surface area contributed by atoms with E-state index in [4.69, 9.17) is 9.16 Å². The van der Waals surface area contributed by atoms with Gasteiger partial charge in [0, 0.05) is 6.42 Å². The average molecular weight is 411 g/mol. The van der Waals surface area contributed by atoms with Crippen LogP contribution in [0.15, 0.2) is 54.6 Å². The highest BCUT2D eigenvalue weighted by atomic mass is 28.4. The highest BCUT2D eigenvalue weighted by Gasteiger charge is 2.39. The van der Waals surface area contributed by atoms with Crippen LogP contribution >= 0.6 is 0 Å². The SMILES string of the molecule is COc1cc(/C=C/C(=O)CCCc2ccccc2)ccc1O[Si](C)(C)C(C)(C)C. The van der Waals surface area contributed by atoms with E-state index >= 15 is 0 Å². The van der Waals surface area contributed by atoms with E-state index in [1.54, 1.807) is 13.2 Å². The van der Waals surface area contributed by atoms with Gasteiger partial charge in [-0.3, -0.25) is 4.79 Å². The van der Waals surface area contributed by atoms with Crippen molar-refractivity contribution in [2.75, 3.05) is 7.11 Å². The Labute approximate surface area is 176 Å². The van der Waals surface area contributed by atoms with Gasteiger partial charge < -0.3 is 9.16 Å². The predicted molar refractivity (Wildman–Crippen MR) is 124 cm³/mol. The Hall–Kier alpha value is -2.33. The van der Waals surface area contributed by atoms with Crippen molar-refractivity contribution in [2.24, 2.45) is 0 Å². The van der Waals surface area contributed by atoms with Gasteiger partial charge in [-0.2, -0.15) is 0 Å². The second kappa shape index (κ2) is 9.93. The molecule has 0 spiro atoms. The Bertz CT molecular complexity index is 833. The van der Waals surface area contributed by atoms with Gasteiger partial charge in [0.05, 0.1) is 7.11 Å². The number of carbonyl (C=O) groups excluding carboxylic acids is 1. The Morgan fingerprint density at radius 1 is 1.03 bits per heavy atom. The third-order valence-corrected chi connectivity index (χ3v) is 9.89. The molecular weight excluding hydrogens is 376 g/mol. The summed E-state index contributed by atoms with van der Waals surface area (Å²) in [5.41, 5.74) is 2.20. The summed E-state index contributed by atoms with van der Waals surface area (Å²) in [6.45, 7) is 11.1. The predicted octanol–water partition coefficient (Wildman–Crippen LogP) is 6.68. The number of ether oxygens (including phenoxy) is 1. The number of carbonyl (C=O) groups is 1. The van der Waals surface area contributed by atoms with Crippen LogP contribution in [-0.2, 0) is 11.2 Å². The molecule has 0 radical (unpaired) electrons. The van der Waals surface area contributed by atoms with E-state index < -0.39 is 8.32 Å². The van der Waals surface area contributed by atoms with Crippen LogP contribution in [0.2, 0.25) is 18.1 Å². The van der Waals surface area contributed by atoms with Crippen molar-refractivity contribution >= 4 is 20.2 Å². The molecule has 0 heterocycles. The van der Waals surface area contributed by atoms with Gasteiger partial charge in [-0.25, -0.2) is 0 Å². The highest BCUT2D eigenvalue weighted by molar-refractivity contribution is 6.74. The third-order valence-electron chi connectivity index (χ3n) is 5.55. The lowest BCUT2D eigenvalue weighted by molar-refractivity contribution is -0.114. The molecule has 0 fully saturated rings. The molecule has 0 saturated heterocycles. The van der Waals surface area contributed by atoms with E-state index in [0.717, 1.165) is 24.2 Å². The van der Waals surface area contributed by atoms with Crippen molar-refractivity contribution in [1.29, 1.82) is 0 Å². The normalized spacial score (nSPS) is 12.2. The van der Waals surface area contributed by atoms with Gasteiger partial charge in [-0.05, 0) is 60.3 Å². The van der Waals surface area contributed by atoms with Crippen LogP contribution in [0.25, 0.3) is 6.08 Å². The second-order valence-electron chi connectivity index (χ2n) is 8.91. The summed E-state index contributed by atoms with van der Waals surface area (Å²) in [7, 11) is -0.293. The quantitative estimate of drug-likeness (QED) is 0.341. The van der Waals surface area contributed by atoms with Crippen molar-refractivity contribution < 1.29 is 14.0 Å². The molecule has 0 aromatic heterocycles. The standard InChI is InChI=1S/C25H34O3Si/c1-25(2,3)29(5,6)28-23-18-16-21(19-24(23)27-4)15-17-22(26)14-10-13-20-11-8-7-9-12-20/h7-9,11-12,15-19H,10,13-14H2,1-6H3/b17-15+. The van der Waals surface area contributed by atoms with Crippen molar-refractivity contribution in [3.8, 4) is 11.5 Å². The van der Waals surface area contributed by atoms with E-state index in [1.165, 1.54) is 5.56 Å². The number of methoxy groups -OCH3 is 1. The molecule has 2 rings (SSSR count). The summed E-state index contributed by atoms with van der Waals surface area (Å²) in [4.78, 5) is 12.2. The molecule has 0 aliphatic rings. The Kier molecular flexibility index (Phi) is 7.85. The van der Waals surface area contributed by atoms with Crippen LogP contribution in [-0.4, -0.2) is 21.2 Å². The zero-order chi connectivity index (χ0) is 21.5. The molecule has 3 nitrogen and oxygen atoms in total. The maximum atomic E-state index is 12.2. The summed E-state index contributed by atoms with van der Waals surface area (Å²) >= 11 is 0. The molecule has 0 N–H and O–H groups in total. The van der Waals surface area contributed by atoms with E-state index in [9.17, 15) is 4.79 Å². The van der Waals surface area contributed by atoms with Crippen molar-refractivity contribution in [2.45, 2.75) is 58.2 Å². The smallest absolute Gasteiger partial charge is 0.250 e. The van der Waals surface area contributed by atoms with Gasteiger partial charge in [0.25, 0.3) is 8.32 Å². The first-order valence-electron chi connectivity index (χ1n) is 10.2. The molecule has 0 aliphatic carbocycles. The minimum atomic E-state index is -1.94. The number of benzene rings is 2. The van der Waals surface area contributed by atoms with Crippen LogP contribution < -0.4 is 9.16 Å². The summed E-state index contributed by atoms with van der Waals surface area (Å²) in [6.07, 6.45) is 5.84. The van der Waals surface area contributed by atoms with Crippen molar-refractivity contribution in [1.82, 2.24) is 0 Å². The number of aryl methyl sites for hydroxylation is 1. The molecule has 0 atom stereocenters. The molecule has 0 saturated carbocycles. The van der Waals surface area contributed by atoms with Crippen LogP contribution in [0.1, 0.15) is 44.7 Å². The topological polar surface area (TPSA) is 35.5 Å². The molecule has 4 heteroatoms. The Morgan fingerprint density at radius 3 is 2.34 bits per heavy atom. The lowest BCUT2D eigenvalue weighted by atomic mass is 10.1. The Balaban J connectivity index is 1.97. The minimum Gasteiger partial charge on any atom is -0.541 e. The highest BCUT2D eigenvalue weighted by Crippen LogP contribution is 2.40. The van der Waals surface area contributed by atoms with E-state index in [1.807, 2.05) is 42.5 Å². The van der Waals surface area contributed by atoms with E-state index in [2.05, 4.69) is 46.0 Å². The number of hydrogen-bond donors (Lipinski definition) is 0. The monoisotopic (exact) mass is 410 g/mol. The van der Waals surface area contributed by atoms with Crippen LogP contribution in [0.5, 0.6) is 11.5 Å².